The van der Waals surface area contributed by atoms with Crippen LogP contribution in [0.2, 0.25) is 0 Å². The van der Waals surface area contributed by atoms with Crippen LogP contribution in [-0.4, -0.2) is 11.5 Å². The third kappa shape index (κ3) is 1.59. The Morgan fingerprint density at radius 2 is 2.00 bits per heavy atom. The van der Waals surface area contributed by atoms with Gasteiger partial charge in [0.2, 0.25) is 0 Å². The topological polar surface area (TPSA) is 48.7 Å². The molecule has 2 rings (SSSR count). The first kappa shape index (κ1) is 10.4. The molecule has 0 radical (unpaired) electrons. The molecule has 1 aromatic heterocycles. The number of nitrogens with zero attached hydrogens (tertiary/aromatic N) is 2. The number of fused-ring (bicyclic) bond motifs is 1. The van der Waals surface area contributed by atoms with Crippen LogP contribution in [0, 0.1) is 18.3 Å². The molecule has 0 saturated heterocycles. The second-order valence-electron chi connectivity index (χ2n) is 3.61. The Balaban J connectivity index is 2.81. The molecular weight excluding hydrogens is 198 g/mol. The molecule has 16 heavy (non-hydrogen) atoms. The minimum atomic E-state index is 0.628. The second-order valence-corrected chi connectivity index (χ2v) is 3.61. The standard InChI is InChI=1S/C13H13N3/c1-3-15-13-12(8-14)11-7-5-4-6-10(11)9(2)16-13/h4-7H,3H2,1-2H3,(H,15,16). The molecule has 0 fully saturated rings. The minimum absolute atomic E-state index is 0.628. The summed E-state index contributed by atoms with van der Waals surface area (Å²) in [4.78, 5) is 4.43. The lowest BCUT2D eigenvalue weighted by atomic mass is 10.1. The number of aryl methyl sites for hydroxylation is 1. The fraction of sp³-hybridized carbons (Fsp3) is 0.231. The van der Waals surface area contributed by atoms with Crippen LogP contribution in [0.25, 0.3) is 10.8 Å². The number of hydrogen-bond acceptors (Lipinski definition) is 3. The maximum Gasteiger partial charge on any atom is 0.144 e. The van der Waals surface area contributed by atoms with E-state index in [1.54, 1.807) is 0 Å². The first-order chi connectivity index (χ1) is 7.77. The SMILES string of the molecule is CCNc1nc(C)c2ccccc2c1C#N. The summed E-state index contributed by atoms with van der Waals surface area (Å²) in [6.07, 6.45) is 0. The maximum absolute atomic E-state index is 9.20. The highest BCUT2D eigenvalue weighted by molar-refractivity contribution is 5.92. The fourth-order valence-electron chi connectivity index (χ4n) is 1.84. The Morgan fingerprint density at radius 1 is 1.31 bits per heavy atom. The number of benzene rings is 1. The van der Waals surface area contributed by atoms with Crippen molar-refractivity contribution in [3.8, 4) is 6.07 Å². The van der Waals surface area contributed by atoms with Gasteiger partial charge in [0.05, 0.1) is 0 Å². The zero-order chi connectivity index (χ0) is 11.5. The van der Waals surface area contributed by atoms with Crippen LogP contribution in [-0.2, 0) is 0 Å². The molecule has 1 heterocycles. The van der Waals surface area contributed by atoms with Gasteiger partial charge in [-0.1, -0.05) is 24.3 Å². The Hall–Kier alpha value is -2.08. The van der Waals surface area contributed by atoms with Crippen molar-refractivity contribution in [3.05, 3.63) is 35.5 Å². The molecule has 0 atom stereocenters. The molecule has 0 aliphatic rings. The number of rotatable bonds is 2. The van der Waals surface area contributed by atoms with Crippen molar-refractivity contribution in [1.29, 1.82) is 5.26 Å². The average Bonchev–Trinajstić information content (AvgIpc) is 2.30. The quantitative estimate of drug-likeness (QED) is 0.830. The summed E-state index contributed by atoms with van der Waals surface area (Å²) in [6, 6.07) is 10.1. The van der Waals surface area contributed by atoms with Gasteiger partial charge >= 0.3 is 0 Å². The smallest absolute Gasteiger partial charge is 0.144 e. The van der Waals surface area contributed by atoms with Gasteiger partial charge in [0.1, 0.15) is 17.5 Å². The van der Waals surface area contributed by atoms with E-state index < -0.39 is 0 Å². The molecule has 0 aliphatic heterocycles. The third-order valence-corrected chi connectivity index (χ3v) is 2.56. The van der Waals surface area contributed by atoms with Gasteiger partial charge in [-0.15, -0.1) is 0 Å². The average molecular weight is 211 g/mol. The highest BCUT2D eigenvalue weighted by Gasteiger charge is 2.10. The zero-order valence-electron chi connectivity index (χ0n) is 9.41. The molecule has 80 valence electrons. The number of hydrogen-bond donors (Lipinski definition) is 1. The summed E-state index contributed by atoms with van der Waals surface area (Å²) in [5.41, 5.74) is 1.58. The monoisotopic (exact) mass is 211 g/mol. The molecule has 0 aliphatic carbocycles. The van der Waals surface area contributed by atoms with Crippen molar-refractivity contribution in [2.24, 2.45) is 0 Å². The summed E-state index contributed by atoms with van der Waals surface area (Å²) in [5, 5.41) is 14.3. The van der Waals surface area contributed by atoms with E-state index in [1.165, 1.54) is 0 Å². The number of nitriles is 1. The number of anilines is 1. The van der Waals surface area contributed by atoms with Crippen molar-refractivity contribution >= 4 is 16.6 Å². The normalized spacial score (nSPS) is 10.1. The minimum Gasteiger partial charge on any atom is -0.369 e. The Kier molecular flexibility index (Phi) is 2.74. The molecule has 0 spiro atoms. The summed E-state index contributed by atoms with van der Waals surface area (Å²) >= 11 is 0. The van der Waals surface area contributed by atoms with E-state index in [0.717, 1.165) is 23.0 Å². The Morgan fingerprint density at radius 3 is 2.62 bits per heavy atom. The lowest BCUT2D eigenvalue weighted by molar-refractivity contribution is 1.13. The van der Waals surface area contributed by atoms with Crippen LogP contribution in [0.3, 0.4) is 0 Å². The largest absolute Gasteiger partial charge is 0.369 e. The lowest BCUT2D eigenvalue weighted by Gasteiger charge is -2.09. The van der Waals surface area contributed by atoms with Crippen molar-refractivity contribution in [1.82, 2.24) is 4.98 Å². The predicted molar refractivity (Wildman–Crippen MR) is 65.4 cm³/mol. The molecule has 0 bridgehead atoms. The first-order valence-electron chi connectivity index (χ1n) is 5.31. The highest BCUT2D eigenvalue weighted by atomic mass is 15.0. The van der Waals surface area contributed by atoms with E-state index in [-0.39, 0.29) is 0 Å². The van der Waals surface area contributed by atoms with Crippen molar-refractivity contribution in [2.45, 2.75) is 13.8 Å². The molecule has 3 nitrogen and oxygen atoms in total. The Labute approximate surface area is 94.7 Å². The second kappa shape index (κ2) is 4.19. The van der Waals surface area contributed by atoms with E-state index in [2.05, 4.69) is 16.4 Å². The number of nitrogens with one attached hydrogen (secondary N) is 1. The summed E-state index contributed by atoms with van der Waals surface area (Å²) < 4.78 is 0. The summed E-state index contributed by atoms with van der Waals surface area (Å²) in [6.45, 7) is 4.72. The predicted octanol–water partition coefficient (Wildman–Crippen LogP) is 2.85. The summed E-state index contributed by atoms with van der Waals surface area (Å²) in [7, 11) is 0. The van der Waals surface area contributed by atoms with Gasteiger partial charge in [-0.2, -0.15) is 5.26 Å². The fourth-order valence-corrected chi connectivity index (χ4v) is 1.84. The maximum atomic E-state index is 9.20. The van der Waals surface area contributed by atoms with E-state index in [9.17, 15) is 5.26 Å². The third-order valence-electron chi connectivity index (χ3n) is 2.56. The summed E-state index contributed by atoms with van der Waals surface area (Å²) in [5.74, 6) is 0.682. The van der Waals surface area contributed by atoms with Crippen LogP contribution in [0.15, 0.2) is 24.3 Å². The molecule has 2 aromatic rings. The van der Waals surface area contributed by atoms with Crippen LogP contribution in [0.5, 0.6) is 0 Å². The van der Waals surface area contributed by atoms with Crippen molar-refractivity contribution in [3.63, 3.8) is 0 Å². The van der Waals surface area contributed by atoms with Crippen LogP contribution in [0.1, 0.15) is 18.2 Å². The molecule has 0 amide bonds. The van der Waals surface area contributed by atoms with Gasteiger partial charge in [-0.3, -0.25) is 0 Å². The van der Waals surface area contributed by atoms with E-state index in [1.807, 2.05) is 38.1 Å². The zero-order valence-corrected chi connectivity index (χ0v) is 9.41. The van der Waals surface area contributed by atoms with Gasteiger partial charge in [-0.25, -0.2) is 4.98 Å². The van der Waals surface area contributed by atoms with Gasteiger partial charge in [0.25, 0.3) is 0 Å². The highest BCUT2D eigenvalue weighted by Crippen LogP contribution is 2.25. The molecule has 3 heteroatoms. The number of pyridine rings is 1. The van der Waals surface area contributed by atoms with E-state index >= 15 is 0 Å². The van der Waals surface area contributed by atoms with Gasteiger partial charge < -0.3 is 5.32 Å². The van der Waals surface area contributed by atoms with E-state index in [4.69, 9.17) is 0 Å². The van der Waals surface area contributed by atoms with Gasteiger partial charge in [0.15, 0.2) is 0 Å². The van der Waals surface area contributed by atoms with Crippen LogP contribution >= 0.6 is 0 Å². The molecule has 1 aromatic carbocycles. The first-order valence-corrected chi connectivity index (χ1v) is 5.31. The van der Waals surface area contributed by atoms with Crippen LogP contribution in [0.4, 0.5) is 5.82 Å². The van der Waals surface area contributed by atoms with Crippen molar-refractivity contribution in [2.75, 3.05) is 11.9 Å². The van der Waals surface area contributed by atoms with Gasteiger partial charge in [0, 0.05) is 23.0 Å². The molecular formula is C13H13N3. The molecule has 0 saturated carbocycles. The van der Waals surface area contributed by atoms with E-state index in [0.29, 0.717) is 11.4 Å². The number of aromatic nitrogens is 1. The van der Waals surface area contributed by atoms with Crippen molar-refractivity contribution < 1.29 is 0 Å². The van der Waals surface area contributed by atoms with Crippen LogP contribution < -0.4 is 5.32 Å². The Bertz CT molecular complexity index is 567. The molecule has 1 N–H and O–H groups in total. The molecule has 0 unspecified atom stereocenters. The lowest BCUT2D eigenvalue weighted by Crippen LogP contribution is -2.03. The van der Waals surface area contributed by atoms with Gasteiger partial charge in [-0.05, 0) is 13.8 Å².